The number of aromatic nitrogens is 1. The van der Waals surface area contributed by atoms with Crippen molar-refractivity contribution in [1.29, 1.82) is 0 Å². The number of para-hydroxylation sites is 1. The third-order valence-corrected chi connectivity index (χ3v) is 3.28. The van der Waals surface area contributed by atoms with Gasteiger partial charge in [0.15, 0.2) is 0 Å². The minimum absolute atomic E-state index is 0.357. The van der Waals surface area contributed by atoms with Gasteiger partial charge in [-0.2, -0.15) is 0 Å². The van der Waals surface area contributed by atoms with Crippen molar-refractivity contribution in [2.75, 3.05) is 0 Å². The number of pyridine rings is 1. The van der Waals surface area contributed by atoms with Gasteiger partial charge in [-0.15, -0.1) is 0 Å². The summed E-state index contributed by atoms with van der Waals surface area (Å²) in [7, 11) is 0. The molecule has 1 aromatic carbocycles. The zero-order valence-corrected chi connectivity index (χ0v) is 11.6. The van der Waals surface area contributed by atoms with E-state index in [1.165, 1.54) is 0 Å². The van der Waals surface area contributed by atoms with E-state index in [1.807, 2.05) is 43.3 Å². The predicted octanol–water partition coefficient (Wildman–Crippen LogP) is 3.20. The van der Waals surface area contributed by atoms with E-state index in [-0.39, 0.29) is 5.63 Å². The summed E-state index contributed by atoms with van der Waals surface area (Å²) < 4.78 is 5.32. The Kier molecular flexibility index (Phi) is 3.60. The van der Waals surface area contributed by atoms with Crippen LogP contribution in [0.3, 0.4) is 0 Å². The second kappa shape index (κ2) is 5.71. The molecule has 0 aliphatic carbocycles. The molecule has 0 amide bonds. The number of aliphatic imine (C=N–C) groups is 1. The van der Waals surface area contributed by atoms with Crippen LogP contribution < -0.4 is 5.63 Å². The fourth-order valence-corrected chi connectivity index (χ4v) is 2.10. The highest BCUT2D eigenvalue weighted by atomic mass is 16.4. The summed E-state index contributed by atoms with van der Waals surface area (Å²) in [6, 6.07) is 13.1. The quantitative estimate of drug-likeness (QED) is 0.546. The molecule has 0 aliphatic rings. The molecule has 3 rings (SSSR count). The maximum Gasteiger partial charge on any atom is 0.345 e. The molecule has 2 heterocycles. The van der Waals surface area contributed by atoms with Gasteiger partial charge in [-0.25, -0.2) is 4.79 Å². The average molecular weight is 278 g/mol. The largest absolute Gasteiger partial charge is 0.422 e. The molecule has 0 saturated heterocycles. The SMILES string of the molecule is CC(=NCc1ccncc1)c1cc2ccccc2oc1=O. The van der Waals surface area contributed by atoms with Crippen molar-refractivity contribution in [3.63, 3.8) is 0 Å². The van der Waals surface area contributed by atoms with Crippen molar-refractivity contribution in [2.45, 2.75) is 13.5 Å². The monoisotopic (exact) mass is 278 g/mol. The molecule has 0 unspecified atom stereocenters. The molecule has 0 spiro atoms. The molecule has 0 bridgehead atoms. The highest BCUT2D eigenvalue weighted by Crippen LogP contribution is 2.13. The van der Waals surface area contributed by atoms with Crippen molar-refractivity contribution in [3.8, 4) is 0 Å². The molecule has 2 aromatic heterocycles. The van der Waals surface area contributed by atoms with Gasteiger partial charge in [-0.05, 0) is 36.8 Å². The van der Waals surface area contributed by atoms with Crippen LogP contribution in [0.2, 0.25) is 0 Å². The summed E-state index contributed by atoms with van der Waals surface area (Å²) in [4.78, 5) is 20.5. The summed E-state index contributed by atoms with van der Waals surface area (Å²) in [6.45, 7) is 2.34. The molecule has 4 nitrogen and oxygen atoms in total. The van der Waals surface area contributed by atoms with Crippen LogP contribution in [0.1, 0.15) is 18.1 Å². The summed E-state index contributed by atoms with van der Waals surface area (Å²) >= 11 is 0. The van der Waals surface area contributed by atoms with E-state index in [2.05, 4.69) is 9.98 Å². The van der Waals surface area contributed by atoms with Gasteiger partial charge in [0.2, 0.25) is 0 Å². The number of hydrogen-bond donors (Lipinski definition) is 0. The Morgan fingerprint density at radius 3 is 2.76 bits per heavy atom. The molecular weight excluding hydrogens is 264 g/mol. The first-order valence-electron chi connectivity index (χ1n) is 6.67. The number of nitrogens with zero attached hydrogens (tertiary/aromatic N) is 2. The molecule has 0 fully saturated rings. The first-order chi connectivity index (χ1) is 10.2. The molecule has 0 N–H and O–H groups in total. The standard InChI is InChI=1S/C17H14N2O2/c1-12(19-11-13-6-8-18-9-7-13)15-10-14-4-2-3-5-16(14)21-17(15)20/h2-10H,11H2,1H3. The van der Waals surface area contributed by atoms with Gasteiger partial charge in [-0.1, -0.05) is 18.2 Å². The third kappa shape index (κ3) is 2.89. The number of rotatable bonds is 3. The third-order valence-electron chi connectivity index (χ3n) is 3.28. The van der Waals surface area contributed by atoms with E-state index in [4.69, 9.17) is 4.42 Å². The number of fused-ring (bicyclic) bond motifs is 1. The van der Waals surface area contributed by atoms with Crippen molar-refractivity contribution in [1.82, 2.24) is 4.98 Å². The number of hydrogen-bond acceptors (Lipinski definition) is 4. The molecule has 0 saturated carbocycles. The van der Waals surface area contributed by atoms with Gasteiger partial charge in [0.1, 0.15) is 5.58 Å². The van der Waals surface area contributed by atoms with Gasteiger partial charge < -0.3 is 4.42 Å². The van der Waals surface area contributed by atoms with Crippen LogP contribution in [-0.2, 0) is 6.54 Å². The second-order valence-electron chi connectivity index (χ2n) is 4.74. The molecule has 0 aliphatic heterocycles. The van der Waals surface area contributed by atoms with Crippen LogP contribution in [0.15, 0.2) is 69.1 Å². The van der Waals surface area contributed by atoms with Crippen LogP contribution in [0.5, 0.6) is 0 Å². The Labute approximate surface area is 121 Å². The van der Waals surface area contributed by atoms with Crippen LogP contribution in [0.25, 0.3) is 11.0 Å². The maximum absolute atomic E-state index is 12.0. The molecule has 3 aromatic rings. The van der Waals surface area contributed by atoms with Gasteiger partial charge in [0.05, 0.1) is 12.1 Å². The molecule has 0 radical (unpaired) electrons. The van der Waals surface area contributed by atoms with Gasteiger partial charge >= 0.3 is 5.63 Å². The van der Waals surface area contributed by atoms with E-state index in [1.54, 1.807) is 18.5 Å². The smallest absolute Gasteiger partial charge is 0.345 e. The Balaban J connectivity index is 1.95. The first-order valence-corrected chi connectivity index (χ1v) is 6.67. The predicted molar refractivity (Wildman–Crippen MR) is 82.6 cm³/mol. The molecule has 0 atom stereocenters. The zero-order valence-electron chi connectivity index (χ0n) is 11.6. The van der Waals surface area contributed by atoms with Crippen molar-refractivity contribution >= 4 is 16.7 Å². The van der Waals surface area contributed by atoms with E-state index >= 15 is 0 Å². The lowest BCUT2D eigenvalue weighted by Crippen LogP contribution is -2.12. The molecular formula is C17H14N2O2. The van der Waals surface area contributed by atoms with Crippen LogP contribution in [0, 0.1) is 0 Å². The van der Waals surface area contributed by atoms with Crippen LogP contribution in [0.4, 0.5) is 0 Å². The summed E-state index contributed by atoms with van der Waals surface area (Å²) in [5, 5.41) is 0.894. The number of benzene rings is 1. The minimum Gasteiger partial charge on any atom is -0.422 e. The van der Waals surface area contributed by atoms with Gasteiger partial charge in [0.25, 0.3) is 0 Å². The Hall–Kier alpha value is -2.75. The van der Waals surface area contributed by atoms with Gasteiger partial charge in [0, 0.05) is 23.5 Å². The minimum atomic E-state index is -0.357. The first kappa shape index (κ1) is 13.2. The lowest BCUT2D eigenvalue weighted by Gasteiger charge is -2.02. The summed E-state index contributed by atoms with van der Waals surface area (Å²) in [5.41, 5.74) is 2.46. The summed E-state index contributed by atoms with van der Waals surface area (Å²) in [5.74, 6) is 0. The zero-order chi connectivity index (χ0) is 14.7. The Morgan fingerprint density at radius 2 is 1.95 bits per heavy atom. The fraction of sp³-hybridized carbons (Fsp3) is 0.118. The second-order valence-corrected chi connectivity index (χ2v) is 4.74. The lowest BCUT2D eigenvalue weighted by atomic mass is 10.1. The highest BCUT2D eigenvalue weighted by molar-refractivity contribution is 6.00. The Bertz CT molecular complexity index is 851. The van der Waals surface area contributed by atoms with Crippen molar-refractivity contribution in [3.05, 3.63) is 76.4 Å². The molecule has 4 heteroatoms. The highest BCUT2D eigenvalue weighted by Gasteiger charge is 2.07. The maximum atomic E-state index is 12.0. The van der Waals surface area contributed by atoms with Crippen molar-refractivity contribution < 1.29 is 4.42 Å². The van der Waals surface area contributed by atoms with E-state index < -0.39 is 0 Å². The van der Waals surface area contributed by atoms with Crippen LogP contribution >= 0.6 is 0 Å². The van der Waals surface area contributed by atoms with Crippen molar-refractivity contribution in [2.24, 2.45) is 4.99 Å². The normalized spacial score (nSPS) is 11.8. The summed E-state index contributed by atoms with van der Waals surface area (Å²) in [6.07, 6.45) is 3.45. The lowest BCUT2D eigenvalue weighted by molar-refractivity contribution is 0.559. The van der Waals surface area contributed by atoms with Crippen LogP contribution in [-0.4, -0.2) is 10.7 Å². The van der Waals surface area contributed by atoms with E-state index in [9.17, 15) is 4.79 Å². The molecule has 21 heavy (non-hydrogen) atoms. The fourth-order valence-electron chi connectivity index (χ4n) is 2.10. The van der Waals surface area contributed by atoms with Gasteiger partial charge in [-0.3, -0.25) is 9.98 Å². The topological polar surface area (TPSA) is 55.5 Å². The average Bonchev–Trinajstić information content (AvgIpc) is 2.53. The molecule has 104 valence electrons. The Morgan fingerprint density at radius 1 is 1.19 bits per heavy atom. The van der Waals surface area contributed by atoms with E-state index in [0.29, 0.717) is 23.4 Å². The van der Waals surface area contributed by atoms with E-state index in [0.717, 1.165) is 10.9 Å².